The van der Waals surface area contributed by atoms with Crippen LogP contribution in [0.3, 0.4) is 0 Å². The van der Waals surface area contributed by atoms with Crippen molar-refractivity contribution >= 4 is 17.7 Å². The number of carboxylic acid groups (broad SMARTS) is 1. The van der Waals surface area contributed by atoms with Crippen molar-refractivity contribution in [3.8, 4) is 0 Å². The maximum atomic E-state index is 10.5. The molecule has 0 saturated heterocycles. The highest BCUT2D eigenvalue weighted by Crippen LogP contribution is 2.19. The minimum Gasteiger partial charge on any atom is -0.476 e. The second-order valence-corrected chi connectivity index (χ2v) is 4.61. The topological polar surface area (TPSA) is 89.4 Å². The standard InChI is InChI=1S/C9H14N2O3S/c1-6(2-3-10)15-5-7-4-8(9(12)13)11-14-7/h4,6H,2-3,5,10H2,1H3,(H,12,13). The molecule has 84 valence electrons. The highest BCUT2D eigenvalue weighted by atomic mass is 32.2. The van der Waals surface area contributed by atoms with Crippen molar-refractivity contribution in [1.29, 1.82) is 0 Å². The highest BCUT2D eigenvalue weighted by Gasteiger charge is 2.11. The maximum Gasteiger partial charge on any atom is 0.358 e. The van der Waals surface area contributed by atoms with Gasteiger partial charge in [-0.15, -0.1) is 0 Å². The molecule has 1 atom stereocenters. The first-order chi connectivity index (χ1) is 7.13. The number of nitrogens with zero attached hydrogens (tertiary/aromatic N) is 1. The molecule has 0 aliphatic heterocycles. The molecule has 6 heteroatoms. The predicted molar refractivity (Wildman–Crippen MR) is 57.9 cm³/mol. The Hall–Kier alpha value is -1.01. The molecule has 1 aromatic rings. The molecule has 0 spiro atoms. The first-order valence-corrected chi connectivity index (χ1v) is 5.69. The zero-order chi connectivity index (χ0) is 11.3. The van der Waals surface area contributed by atoms with E-state index in [1.807, 2.05) is 0 Å². The van der Waals surface area contributed by atoms with Crippen LogP contribution in [0.25, 0.3) is 0 Å². The van der Waals surface area contributed by atoms with Crippen molar-refractivity contribution in [1.82, 2.24) is 5.16 Å². The van der Waals surface area contributed by atoms with E-state index in [-0.39, 0.29) is 5.69 Å². The Bertz CT molecular complexity index is 327. The number of carbonyl (C=O) groups is 1. The average Bonchev–Trinajstić information content (AvgIpc) is 2.63. The molecule has 0 aliphatic carbocycles. The highest BCUT2D eigenvalue weighted by molar-refractivity contribution is 7.99. The van der Waals surface area contributed by atoms with Crippen molar-refractivity contribution in [3.63, 3.8) is 0 Å². The minimum absolute atomic E-state index is 0.0444. The van der Waals surface area contributed by atoms with Crippen LogP contribution in [0.1, 0.15) is 29.6 Å². The summed E-state index contributed by atoms with van der Waals surface area (Å²) in [6.45, 7) is 2.73. The summed E-state index contributed by atoms with van der Waals surface area (Å²) < 4.78 is 4.87. The van der Waals surface area contributed by atoms with E-state index >= 15 is 0 Å². The van der Waals surface area contributed by atoms with Gasteiger partial charge in [0.15, 0.2) is 5.69 Å². The Morgan fingerprint density at radius 2 is 2.53 bits per heavy atom. The summed E-state index contributed by atoms with van der Waals surface area (Å²) in [6.07, 6.45) is 0.935. The molecule has 1 unspecified atom stereocenters. The summed E-state index contributed by atoms with van der Waals surface area (Å²) >= 11 is 1.67. The third-order valence-electron chi connectivity index (χ3n) is 1.86. The van der Waals surface area contributed by atoms with E-state index in [9.17, 15) is 4.79 Å². The van der Waals surface area contributed by atoms with Gasteiger partial charge in [-0.2, -0.15) is 11.8 Å². The number of carboxylic acids is 1. The fourth-order valence-electron chi connectivity index (χ4n) is 1.02. The summed E-state index contributed by atoms with van der Waals surface area (Å²) in [5.74, 6) is 0.146. The number of aromatic nitrogens is 1. The van der Waals surface area contributed by atoms with Gasteiger partial charge in [0.25, 0.3) is 0 Å². The summed E-state index contributed by atoms with van der Waals surface area (Å²) in [5, 5.41) is 12.5. The van der Waals surface area contributed by atoms with Gasteiger partial charge in [0.1, 0.15) is 5.76 Å². The fraction of sp³-hybridized carbons (Fsp3) is 0.556. The van der Waals surface area contributed by atoms with Crippen LogP contribution in [0.4, 0.5) is 0 Å². The van der Waals surface area contributed by atoms with Gasteiger partial charge in [0, 0.05) is 11.3 Å². The largest absolute Gasteiger partial charge is 0.476 e. The van der Waals surface area contributed by atoms with Crippen LogP contribution in [0.5, 0.6) is 0 Å². The summed E-state index contributed by atoms with van der Waals surface area (Å²) in [7, 11) is 0. The van der Waals surface area contributed by atoms with Crippen LogP contribution in [0.15, 0.2) is 10.6 Å². The zero-order valence-electron chi connectivity index (χ0n) is 8.47. The second-order valence-electron chi connectivity index (χ2n) is 3.18. The molecule has 3 N–H and O–H groups in total. The number of hydrogen-bond acceptors (Lipinski definition) is 5. The van der Waals surface area contributed by atoms with Crippen LogP contribution >= 0.6 is 11.8 Å². The number of hydrogen-bond donors (Lipinski definition) is 2. The number of thioether (sulfide) groups is 1. The zero-order valence-corrected chi connectivity index (χ0v) is 9.29. The Balaban J connectivity index is 2.40. The van der Waals surface area contributed by atoms with Gasteiger partial charge in [0.2, 0.25) is 0 Å². The SMILES string of the molecule is CC(CCN)SCc1cc(C(=O)O)no1. The monoisotopic (exact) mass is 230 g/mol. The first kappa shape index (κ1) is 12.1. The summed E-state index contributed by atoms with van der Waals surface area (Å²) in [6, 6.07) is 1.45. The van der Waals surface area contributed by atoms with E-state index in [1.54, 1.807) is 11.8 Å². The Kier molecular flexibility index (Phi) is 4.64. The van der Waals surface area contributed by atoms with Crippen molar-refractivity contribution < 1.29 is 14.4 Å². The van der Waals surface area contributed by atoms with E-state index in [2.05, 4.69) is 12.1 Å². The summed E-state index contributed by atoms with van der Waals surface area (Å²) in [5.41, 5.74) is 5.37. The molecule has 1 rings (SSSR count). The molecule has 0 saturated carbocycles. The van der Waals surface area contributed by atoms with Crippen LogP contribution in [-0.4, -0.2) is 28.0 Å². The molecule has 0 aliphatic rings. The van der Waals surface area contributed by atoms with E-state index < -0.39 is 5.97 Å². The Morgan fingerprint density at radius 1 is 1.80 bits per heavy atom. The van der Waals surface area contributed by atoms with Crippen molar-refractivity contribution in [2.75, 3.05) is 6.54 Å². The van der Waals surface area contributed by atoms with Gasteiger partial charge in [-0.1, -0.05) is 12.1 Å². The number of rotatable bonds is 6. The Labute approximate surface area is 92.0 Å². The predicted octanol–water partition coefficient (Wildman–Crippen LogP) is 1.34. The third-order valence-corrected chi connectivity index (χ3v) is 3.12. The second kappa shape index (κ2) is 5.77. The van der Waals surface area contributed by atoms with Gasteiger partial charge < -0.3 is 15.4 Å². The van der Waals surface area contributed by atoms with E-state index in [0.717, 1.165) is 6.42 Å². The van der Waals surface area contributed by atoms with Gasteiger partial charge in [-0.25, -0.2) is 4.79 Å². The van der Waals surface area contributed by atoms with Gasteiger partial charge in [0.05, 0.1) is 5.75 Å². The molecule has 0 radical (unpaired) electrons. The molecule has 1 heterocycles. The van der Waals surface area contributed by atoms with E-state index in [4.69, 9.17) is 15.4 Å². The number of nitrogens with two attached hydrogens (primary N) is 1. The van der Waals surface area contributed by atoms with Gasteiger partial charge >= 0.3 is 5.97 Å². The van der Waals surface area contributed by atoms with Gasteiger partial charge in [-0.3, -0.25) is 0 Å². The van der Waals surface area contributed by atoms with Crippen molar-refractivity contribution in [2.45, 2.75) is 24.3 Å². The maximum absolute atomic E-state index is 10.5. The molecule has 1 aromatic heterocycles. The third kappa shape index (κ3) is 3.93. The molecular formula is C9H14N2O3S. The molecule has 0 aromatic carbocycles. The smallest absolute Gasteiger partial charge is 0.358 e. The van der Waals surface area contributed by atoms with Crippen molar-refractivity contribution in [3.05, 3.63) is 17.5 Å². The Morgan fingerprint density at radius 3 is 3.07 bits per heavy atom. The molecule has 0 amide bonds. The lowest BCUT2D eigenvalue weighted by Crippen LogP contribution is -2.07. The molecule has 0 fully saturated rings. The minimum atomic E-state index is -1.06. The van der Waals surface area contributed by atoms with Crippen LogP contribution in [0, 0.1) is 0 Å². The lowest BCUT2D eigenvalue weighted by Gasteiger charge is -2.06. The van der Waals surface area contributed by atoms with Crippen LogP contribution in [0.2, 0.25) is 0 Å². The summed E-state index contributed by atoms with van der Waals surface area (Å²) in [4.78, 5) is 10.5. The average molecular weight is 230 g/mol. The molecule has 0 bridgehead atoms. The van der Waals surface area contributed by atoms with Gasteiger partial charge in [-0.05, 0) is 13.0 Å². The molecule has 15 heavy (non-hydrogen) atoms. The first-order valence-electron chi connectivity index (χ1n) is 4.64. The number of aromatic carboxylic acids is 1. The fourth-order valence-corrected chi connectivity index (χ4v) is 1.91. The lowest BCUT2D eigenvalue weighted by molar-refractivity contribution is 0.0685. The lowest BCUT2D eigenvalue weighted by atomic mass is 10.3. The molecule has 5 nitrogen and oxygen atoms in total. The van der Waals surface area contributed by atoms with Crippen molar-refractivity contribution in [2.24, 2.45) is 5.73 Å². The van der Waals surface area contributed by atoms with Crippen LogP contribution in [-0.2, 0) is 5.75 Å². The normalized spacial score (nSPS) is 12.7. The van der Waals surface area contributed by atoms with E-state index in [1.165, 1.54) is 6.07 Å². The quantitative estimate of drug-likeness (QED) is 0.766. The van der Waals surface area contributed by atoms with E-state index in [0.29, 0.717) is 23.3 Å². The van der Waals surface area contributed by atoms with Crippen LogP contribution < -0.4 is 5.73 Å². The molecular weight excluding hydrogens is 216 g/mol.